The molecule has 2 atom stereocenters. The van der Waals surface area contributed by atoms with Gasteiger partial charge in [-0.15, -0.1) is 0 Å². The van der Waals surface area contributed by atoms with Gasteiger partial charge in [-0.25, -0.2) is 0 Å². The first-order chi connectivity index (χ1) is 6.81. The molecule has 5 heteroatoms. The Balaban J connectivity index is 2.08. The van der Waals surface area contributed by atoms with Gasteiger partial charge in [-0.05, 0) is 6.42 Å². The van der Waals surface area contributed by atoms with Crippen LogP contribution in [0.1, 0.15) is 31.0 Å². The first-order valence-corrected chi connectivity index (χ1v) is 6.12. The van der Waals surface area contributed by atoms with Crippen molar-refractivity contribution in [3.05, 3.63) is 11.7 Å². The second kappa shape index (κ2) is 4.31. The Morgan fingerprint density at radius 1 is 1.57 bits per heavy atom. The lowest BCUT2D eigenvalue weighted by Gasteiger charge is -2.07. The van der Waals surface area contributed by atoms with Gasteiger partial charge in [0.15, 0.2) is 5.82 Å². The first kappa shape index (κ1) is 9.98. The molecule has 0 amide bonds. The number of hydrogen-bond donors (Lipinski definition) is 1. The summed E-state index contributed by atoms with van der Waals surface area (Å²) in [5.74, 6) is 3.81. The molecule has 4 nitrogen and oxygen atoms in total. The molecular formula is C9H15N3OS. The Kier molecular flexibility index (Phi) is 3.08. The lowest BCUT2D eigenvalue weighted by Crippen LogP contribution is -2.26. The second-order valence-corrected chi connectivity index (χ2v) is 4.68. The largest absolute Gasteiger partial charge is 0.339 e. The highest BCUT2D eigenvalue weighted by molar-refractivity contribution is 7.99. The van der Waals surface area contributed by atoms with Crippen LogP contribution in [0.5, 0.6) is 0 Å². The summed E-state index contributed by atoms with van der Waals surface area (Å²) in [6, 6.07) is 0.176. The topological polar surface area (TPSA) is 64.9 Å². The van der Waals surface area contributed by atoms with Gasteiger partial charge in [0.2, 0.25) is 5.89 Å². The average molecular weight is 213 g/mol. The Morgan fingerprint density at radius 2 is 2.43 bits per heavy atom. The van der Waals surface area contributed by atoms with Crippen LogP contribution in [-0.2, 0) is 6.42 Å². The molecule has 2 heterocycles. The molecule has 0 bridgehead atoms. The summed E-state index contributed by atoms with van der Waals surface area (Å²) in [6.45, 7) is 2.10. The highest BCUT2D eigenvalue weighted by atomic mass is 32.2. The van der Waals surface area contributed by atoms with Crippen LogP contribution in [0, 0.1) is 0 Å². The van der Waals surface area contributed by atoms with Gasteiger partial charge >= 0.3 is 0 Å². The van der Waals surface area contributed by atoms with Crippen LogP contribution in [0.4, 0.5) is 0 Å². The fourth-order valence-corrected chi connectivity index (χ4v) is 2.85. The van der Waals surface area contributed by atoms with Gasteiger partial charge in [-0.2, -0.15) is 16.7 Å². The molecule has 2 unspecified atom stereocenters. The monoisotopic (exact) mass is 213 g/mol. The van der Waals surface area contributed by atoms with Crippen molar-refractivity contribution in [2.45, 2.75) is 31.7 Å². The van der Waals surface area contributed by atoms with Gasteiger partial charge in [0.05, 0.1) is 5.92 Å². The minimum atomic E-state index is 0.176. The van der Waals surface area contributed by atoms with Gasteiger partial charge in [-0.1, -0.05) is 12.1 Å². The maximum atomic E-state index is 5.95. The van der Waals surface area contributed by atoms with Crippen molar-refractivity contribution in [1.82, 2.24) is 10.1 Å². The molecule has 0 aromatic carbocycles. The molecule has 1 aromatic heterocycles. The molecule has 0 spiro atoms. The predicted octanol–water partition coefficient (Wildman–Crippen LogP) is 1.18. The van der Waals surface area contributed by atoms with Gasteiger partial charge in [0.25, 0.3) is 0 Å². The van der Waals surface area contributed by atoms with Gasteiger partial charge in [-0.3, -0.25) is 0 Å². The molecule has 0 aliphatic carbocycles. The smallest absolute Gasteiger partial charge is 0.232 e. The van der Waals surface area contributed by atoms with Gasteiger partial charge < -0.3 is 10.3 Å². The number of hydrogen-bond acceptors (Lipinski definition) is 5. The van der Waals surface area contributed by atoms with E-state index in [0.29, 0.717) is 0 Å². The molecule has 0 saturated carbocycles. The van der Waals surface area contributed by atoms with E-state index in [4.69, 9.17) is 10.3 Å². The molecular weight excluding hydrogens is 198 g/mol. The lowest BCUT2D eigenvalue weighted by molar-refractivity contribution is 0.348. The molecule has 2 N–H and O–H groups in total. The Morgan fingerprint density at radius 3 is 3.07 bits per heavy atom. The Labute approximate surface area is 87.6 Å². The third-order valence-corrected chi connectivity index (χ3v) is 3.61. The van der Waals surface area contributed by atoms with E-state index < -0.39 is 0 Å². The van der Waals surface area contributed by atoms with Crippen LogP contribution in [0.15, 0.2) is 4.52 Å². The van der Waals surface area contributed by atoms with Crippen LogP contribution in [-0.4, -0.2) is 27.7 Å². The minimum absolute atomic E-state index is 0.176. The van der Waals surface area contributed by atoms with Crippen LogP contribution < -0.4 is 5.73 Å². The van der Waals surface area contributed by atoms with Gasteiger partial charge in [0, 0.05) is 24.0 Å². The normalized spacial score (nSPS) is 27.0. The highest BCUT2D eigenvalue weighted by Gasteiger charge is 2.30. The van der Waals surface area contributed by atoms with Crippen molar-refractivity contribution in [3.8, 4) is 0 Å². The van der Waals surface area contributed by atoms with Crippen molar-refractivity contribution < 1.29 is 4.52 Å². The molecule has 78 valence electrons. The van der Waals surface area contributed by atoms with Crippen LogP contribution in [0.3, 0.4) is 0 Å². The van der Waals surface area contributed by atoms with Crippen molar-refractivity contribution in [1.29, 1.82) is 0 Å². The Bertz CT molecular complexity index is 302. The number of aryl methyl sites for hydroxylation is 1. The summed E-state index contributed by atoms with van der Waals surface area (Å²) in [6.07, 6.45) is 1.93. The number of nitrogens with zero attached hydrogens (tertiary/aromatic N) is 2. The second-order valence-electron chi connectivity index (χ2n) is 3.61. The summed E-state index contributed by atoms with van der Waals surface area (Å²) in [5.41, 5.74) is 5.95. The van der Waals surface area contributed by atoms with Crippen molar-refractivity contribution in [2.75, 3.05) is 11.5 Å². The van der Waals surface area contributed by atoms with Crippen molar-refractivity contribution in [3.63, 3.8) is 0 Å². The molecule has 1 aliphatic rings. The van der Waals surface area contributed by atoms with Crippen molar-refractivity contribution in [2.24, 2.45) is 5.73 Å². The summed E-state index contributed by atoms with van der Waals surface area (Å²) < 4.78 is 5.22. The molecule has 1 saturated heterocycles. The molecule has 1 aliphatic heterocycles. The zero-order valence-corrected chi connectivity index (χ0v) is 9.09. The van der Waals surface area contributed by atoms with E-state index in [0.717, 1.165) is 36.1 Å². The van der Waals surface area contributed by atoms with Crippen molar-refractivity contribution >= 4 is 11.8 Å². The van der Waals surface area contributed by atoms with E-state index in [1.165, 1.54) is 0 Å². The number of thioether (sulfide) groups is 1. The number of aromatic nitrogens is 2. The van der Waals surface area contributed by atoms with E-state index in [-0.39, 0.29) is 12.0 Å². The molecule has 0 radical (unpaired) electrons. The number of nitrogens with two attached hydrogens (primary N) is 1. The summed E-state index contributed by atoms with van der Waals surface area (Å²) in [4.78, 5) is 4.36. The third kappa shape index (κ3) is 1.93. The summed E-state index contributed by atoms with van der Waals surface area (Å²) in [5, 5.41) is 3.93. The molecule has 14 heavy (non-hydrogen) atoms. The predicted molar refractivity (Wildman–Crippen MR) is 56.3 cm³/mol. The third-order valence-electron chi connectivity index (χ3n) is 2.40. The zero-order valence-electron chi connectivity index (χ0n) is 8.27. The lowest BCUT2D eigenvalue weighted by atomic mass is 10.1. The van der Waals surface area contributed by atoms with Crippen LogP contribution in [0.2, 0.25) is 0 Å². The highest BCUT2D eigenvalue weighted by Crippen LogP contribution is 2.30. The minimum Gasteiger partial charge on any atom is -0.339 e. The molecule has 1 aromatic rings. The van der Waals surface area contributed by atoms with Crippen LogP contribution in [0.25, 0.3) is 0 Å². The Hall–Kier alpha value is -0.550. The molecule has 1 fully saturated rings. The first-order valence-electron chi connectivity index (χ1n) is 4.97. The zero-order chi connectivity index (χ0) is 9.97. The maximum Gasteiger partial charge on any atom is 0.232 e. The van der Waals surface area contributed by atoms with E-state index in [1.54, 1.807) is 0 Å². The summed E-state index contributed by atoms with van der Waals surface area (Å²) >= 11 is 1.85. The quantitative estimate of drug-likeness (QED) is 0.816. The molecule has 2 rings (SSSR count). The number of rotatable bonds is 3. The van der Waals surface area contributed by atoms with E-state index in [2.05, 4.69) is 17.1 Å². The van der Waals surface area contributed by atoms with E-state index in [1.807, 2.05) is 11.8 Å². The standard InChI is InChI=1S/C9H15N3OS/c1-2-3-8-11-9(13-12-8)6-4-14-5-7(6)10/h6-7H,2-5,10H2,1H3. The van der Waals surface area contributed by atoms with Crippen LogP contribution >= 0.6 is 11.8 Å². The maximum absolute atomic E-state index is 5.95. The van der Waals surface area contributed by atoms with E-state index >= 15 is 0 Å². The fraction of sp³-hybridized carbons (Fsp3) is 0.778. The average Bonchev–Trinajstić information content (AvgIpc) is 2.74. The SMILES string of the molecule is CCCc1noc(C2CSCC2N)n1. The fourth-order valence-electron chi connectivity index (χ4n) is 1.57. The van der Waals surface area contributed by atoms with E-state index in [9.17, 15) is 0 Å². The van der Waals surface area contributed by atoms with Gasteiger partial charge in [0.1, 0.15) is 0 Å². The summed E-state index contributed by atoms with van der Waals surface area (Å²) in [7, 11) is 0.